The van der Waals surface area contributed by atoms with Crippen molar-refractivity contribution >= 4 is 0 Å². The minimum atomic E-state index is 0.322. The van der Waals surface area contributed by atoms with E-state index in [0.717, 1.165) is 12.8 Å². The zero-order valence-electron chi connectivity index (χ0n) is 17.3. The molecule has 0 saturated carbocycles. The monoisotopic (exact) mass is 366 g/mol. The normalized spacial score (nSPS) is 23.2. The maximum Gasteiger partial charge on any atom is 0.0800 e. The van der Waals surface area contributed by atoms with Crippen LogP contribution in [-0.4, -0.2) is 55.2 Å². The predicted octanol–water partition coefficient (Wildman–Crippen LogP) is 3.91. The average molecular weight is 367 g/mol. The molecule has 2 aromatic rings. The predicted molar refractivity (Wildman–Crippen MR) is 113 cm³/mol. The van der Waals surface area contributed by atoms with Crippen LogP contribution in [0.3, 0.4) is 0 Å². The van der Waals surface area contributed by atoms with Crippen LogP contribution < -0.4 is 5.43 Å². The largest absolute Gasteiger partial charge is 0.281 e. The lowest BCUT2D eigenvalue weighted by Crippen LogP contribution is -2.55. The smallest absolute Gasteiger partial charge is 0.0800 e. The van der Waals surface area contributed by atoms with E-state index in [1.807, 2.05) is 0 Å². The van der Waals surface area contributed by atoms with Crippen LogP contribution in [0.2, 0.25) is 0 Å². The summed E-state index contributed by atoms with van der Waals surface area (Å²) in [6.45, 7) is 2.27. The molecule has 0 bridgehead atoms. The molecule has 0 spiro atoms. The summed E-state index contributed by atoms with van der Waals surface area (Å²) in [5, 5.41) is 2.09. The van der Waals surface area contributed by atoms with Crippen LogP contribution in [0.4, 0.5) is 0 Å². The zero-order chi connectivity index (χ0) is 19.4. The minimum absolute atomic E-state index is 0.322. The highest BCUT2D eigenvalue weighted by Gasteiger charge is 2.47. The molecular weight excluding hydrogens is 332 g/mol. The van der Waals surface area contributed by atoms with Crippen molar-refractivity contribution in [1.82, 2.24) is 20.2 Å². The summed E-state index contributed by atoms with van der Waals surface area (Å²) >= 11 is 0. The lowest BCUT2D eigenvalue weighted by Gasteiger charge is -2.36. The summed E-state index contributed by atoms with van der Waals surface area (Å²) in [5.74, 6) is 0. The van der Waals surface area contributed by atoms with Gasteiger partial charge in [-0.1, -0.05) is 74.0 Å². The van der Waals surface area contributed by atoms with Crippen LogP contribution >= 0.6 is 0 Å². The van der Waals surface area contributed by atoms with E-state index in [4.69, 9.17) is 0 Å². The SMILES string of the molecule is CCCC(NN(C)C)C1N(C)[C@@H](c2ccccc2)[C@H](c2ccccc2)N1C. The first-order chi connectivity index (χ1) is 13.0. The van der Waals surface area contributed by atoms with Gasteiger partial charge in [-0.2, -0.15) is 0 Å². The van der Waals surface area contributed by atoms with Gasteiger partial charge in [0.1, 0.15) is 0 Å². The highest BCUT2D eigenvalue weighted by molar-refractivity contribution is 5.30. The highest BCUT2D eigenvalue weighted by atomic mass is 15.5. The molecule has 1 unspecified atom stereocenters. The number of hydrogen-bond acceptors (Lipinski definition) is 4. The molecule has 0 amide bonds. The van der Waals surface area contributed by atoms with Crippen LogP contribution in [0.5, 0.6) is 0 Å². The van der Waals surface area contributed by atoms with E-state index in [0.29, 0.717) is 24.3 Å². The lowest BCUT2D eigenvalue weighted by molar-refractivity contribution is 0.0745. The molecular formula is C23H34N4. The number of rotatable bonds is 7. The van der Waals surface area contributed by atoms with E-state index in [1.54, 1.807) is 0 Å². The third-order valence-corrected chi connectivity index (χ3v) is 5.68. The topological polar surface area (TPSA) is 21.8 Å². The number of hydrazine groups is 1. The maximum absolute atomic E-state index is 3.68. The molecule has 0 aliphatic carbocycles. The molecule has 1 fully saturated rings. The molecule has 146 valence electrons. The van der Waals surface area contributed by atoms with Gasteiger partial charge in [0.25, 0.3) is 0 Å². The Bertz CT molecular complexity index is 637. The molecule has 4 heteroatoms. The van der Waals surface area contributed by atoms with E-state index >= 15 is 0 Å². The second-order valence-corrected chi connectivity index (χ2v) is 7.87. The van der Waals surface area contributed by atoms with Gasteiger partial charge in [0.2, 0.25) is 0 Å². The van der Waals surface area contributed by atoms with Crippen LogP contribution in [-0.2, 0) is 0 Å². The van der Waals surface area contributed by atoms with Gasteiger partial charge >= 0.3 is 0 Å². The Morgan fingerprint density at radius 1 is 0.852 bits per heavy atom. The Morgan fingerprint density at radius 3 is 1.67 bits per heavy atom. The first-order valence-corrected chi connectivity index (χ1v) is 10.0. The molecule has 1 aliphatic heterocycles. The fourth-order valence-corrected chi connectivity index (χ4v) is 4.69. The molecule has 1 saturated heterocycles. The molecule has 1 N–H and O–H groups in total. The van der Waals surface area contributed by atoms with Crippen molar-refractivity contribution in [3.63, 3.8) is 0 Å². The number of benzene rings is 2. The van der Waals surface area contributed by atoms with Crippen molar-refractivity contribution in [2.24, 2.45) is 0 Å². The van der Waals surface area contributed by atoms with Crippen molar-refractivity contribution < 1.29 is 0 Å². The van der Waals surface area contributed by atoms with E-state index in [1.165, 1.54) is 11.1 Å². The van der Waals surface area contributed by atoms with Crippen molar-refractivity contribution in [3.05, 3.63) is 71.8 Å². The summed E-state index contributed by atoms with van der Waals surface area (Å²) in [4.78, 5) is 5.12. The van der Waals surface area contributed by atoms with Gasteiger partial charge in [-0.25, -0.2) is 5.43 Å². The Hall–Kier alpha value is -1.72. The van der Waals surface area contributed by atoms with Gasteiger partial charge in [0.15, 0.2) is 0 Å². The number of likely N-dealkylation sites (N-methyl/N-ethyl adjacent to an activating group) is 2. The highest BCUT2D eigenvalue weighted by Crippen LogP contribution is 2.46. The maximum atomic E-state index is 3.68. The second-order valence-electron chi connectivity index (χ2n) is 7.87. The Labute approximate surface area is 164 Å². The van der Waals surface area contributed by atoms with Crippen LogP contribution in [0.15, 0.2) is 60.7 Å². The summed E-state index contributed by atoms with van der Waals surface area (Å²) < 4.78 is 0. The van der Waals surface area contributed by atoms with Crippen LogP contribution in [0, 0.1) is 0 Å². The molecule has 0 aromatic heterocycles. The molecule has 1 heterocycles. The van der Waals surface area contributed by atoms with Gasteiger partial charge in [-0.05, 0) is 31.6 Å². The molecule has 3 rings (SSSR count). The molecule has 2 aromatic carbocycles. The minimum Gasteiger partial charge on any atom is -0.281 e. The van der Waals surface area contributed by atoms with Crippen molar-refractivity contribution in [1.29, 1.82) is 0 Å². The average Bonchev–Trinajstić information content (AvgIpc) is 2.93. The van der Waals surface area contributed by atoms with Crippen molar-refractivity contribution in [2.75, 3.05) is 28.2 Å². The Balaban J connectivity index is 2.02. The first-order valence-electron chi connectivity index (χ1n) is 10.0. The summed E-state index contributed by atoms with van der Waals surface area (Å²) in [6.07, 6.45) is 2.62. The lowest BCUT2D eigenvalue weighted by atomic mass is 9.93. The fourth-order valence-electron chi connectivity index (χ4n) is 4.69. The number of nitrogens with zero attached hydrogens (tertiary/aromatic N) is 3. The van der Waals surface area contributed by atoms with E-state index in [2.05, 4.69) is 116 Å². The third kappa shape index (κ3) is 4.25. The zero-order valence-corrected chi connectivity index (χ0v) is 17.3. The van der Waals surface area contributed by atoms with Crippen molar-refractivity contribution in [3.8, 4) is 0 Å². The van der Waals surface area contributed by atoms with Gasteiger partial charge in [0, 0.05) is 14.1 Å². The molecule has 4 nitrogen and oxygen atoms in total. The van der Waals surface area contributed by atoms with Crippen LogP contribution in [0.1, 0.15) is 43.0 Å². The summed E-state index contributed by atoms with van der Waals surface area (Å²) in [7, 11) is 8.73. The van der Waals surface area contributed by atoms with Gasteiger partial charge in [-0.15, -0.1) is 0 Å². The van der Waals surface area contributed by atoms with E-state index < -0.39 is 0 Å². The van der Waals surface area contributed by atoms with E-state index in [-0.39, 0.29) is 0 Å². The number of hydrogen-bond donors (Lipinski definition) is 1. The molecule has 3 atom stereocenters. The Morgan fingerprint density at radius 2 is 1.30 bits per heavy atom. The number of nitrogens with one attached hydrogen (secondary N) is 1. The summed E-state index contributed by atoms with van der Waals surface area (Å²) in [6, 6.07) is 22.9. The Kier molecular flexibility index (Phi) is 6.66. The quantitative estimate of drug-likeness (QED) is 0.750. The van der Waals surface area contributed by atoms with Crippen molar-refractivity contribution in [2.45, 2.75) is 44.1 Å². The van der Waals surface area contributed by atoms with Gasteiger partial charge in [-0.3, -0.25) is 14.8 Å². The van der Waals surface area contributed by atoms with Gasteiger partial charge < -0.3 is 0 Å². The van der Waals surface area contributed by atoms with Gasteiger partial charge in [0.05, 0.1) is 24.3 Å². The fraction of sp³-hybridized carbons (Fsp3) is 0.478. The molecule has 0 radical (unpaired) electrons. The molecule has 1 aliphatic rings. The summed E-state index contributed by atoms with van der Waals surface area (Å²) in [5.41, 5.74) is 6.43. The van der Waals surface area contributed by atoms with E-state index in [9.17, 15) is 0 Å². The molecule has 27 heavy (non-hydrogen) atoms. The standard InChI is InChI=1S/C23H34N4/c1-6-13-20(24-25(2)3)23-26(4)21(18-14-9-7-10-15-18)22(27(23)5)19-16-11-8-12-17-19/h7-12,14-17,20-24H,6,13H2,1-5H3/t20?,21-,22-/m0/s1. The third-order valence-electron chi connectivity index (χ3n) is 5.68. The first kappa shape index (κ1) is 20.0. The second kappa shape index (κ2) is 8.98. The van der Waals surface area contributed by atoms with Crippen LogP contribution in [0.25, 0.3) is 0 Å².